The molecule has 0 bridgehead atoms. The number of amides is 2. The van der Waals surface area contributed by atoms with Crippen LogP contribution in [0.3, 0.4) is 0 Å². The van der Waals surface area contributed by atoms with Crippen molar-refractivity contribution >= 4 is 101 Å². The summed E-state index contributed by atoms with van der Waals surface area (Å²) in [5.41, 5.74) is 7.04. The van der Waals surface area contributed by atoms with Crippen LogP contribution in [0.5, 0.6) is 11.5 Å². The van der Waals surface area contributed by atoms with Crippen LogP contribution in [0.1, 0.15) is 151 Å². The number of nitrogens with one attached hydrogen (secondary N) is 3. The number of aryl methyl sites for hydroxylation is 2. The number of aromatic amines is 1. The Bertz CT molecular complexity index is 4340. The van der Waals surface area contributed by atoms with E-state index < -0.39 is 81.3 Å². The van der Waals surface area contributed by atoms with Gasteiger partial charge in [-0.25, -0.2) is 32.7 Å². The number of carboxylic acid groups (broad SMARTS) is 1. The summed E-state index contributed by atoms with van der Waals surface area (Å²) in [6, 6.07) is 9.48. The minimum Gasteiger partial charge on any atom is -0.478 e. The average Bonchev–Trinajstić information content (AvgIpc) is 1.01. The van der Waals surface area contributed by atoms with Gasteiger partial charge in [-0.2, -0.15) is 8.62 Å². The number of fused-ring (bicyclic) bond motifs is 4. The molecule has 37 heteroatoms. The highest BCUT2D eigenvalue weighted by molar-refractivity contribution is 8.77. The number of hydrogen-bond acceptors (Lipinski definition) is 23. The van der Waals surface area contributed by atoms with Crippen molar-refractivity contribution in [3.63, 3.8) is 0 Å². The molecule has 7 heterocycles. The lowest BCUT2D eigenvalue weighted by Gasteiger charge is -2.39. The Morgan fingerprint density at radius 1 is 0.845 bits per heavy atom. The number of carbonyl (C=O) groups excluding carboxylic acids is 3. The maximum Gasteiger partial charge on any atom is 0.490 e. The van der Waals surface area contributed by atoms with E-state index in [9.17, 15) is 57.4 Å². The first kappa shape index (κ1) is 80.1. The van der Waals surface area contributed by atoms with Crippen LogP contribution >= 0.6 is 45.1 Å². The number of H-pyrrole nitrogens is 1. The fraction of sp³-hybridized carbons (Fsp3) is 0.561. The molecule has 3 aromatic carbocycles. The van der Waals surface area contributed by atoms with E-state index in [0.717, 1.165) is 116 Å². The number of anilines is 1. The van der Waals surface area contributed by atoms with Crippen LogP contribution in [-0.4, -0.2) is 178 Å². The van der Waals surface area contributed by atoms with Crippen LogP contribution in [0.25, 0.3) is 5.57 Å². The number of carboxylic acids is 1. The first-order valence-electron chi connectivity index (χ1n) is 34.0. The molecule has 6 aliphatic rings. The Balaban J connectivity index is 0.584. The van der Waals surface area contributed by atoms with E-state index in [1.54, 1.807) is 29.0 Å². The molecule has 1 fully saturated rings. The number of nitrogens with zero attached hydrogens (tertiary/aromatic N) is 3. The van der Waals surface area contributed by atoms with Crippen molar-refractivity contribution in [2.75, 3.05) is 108 Å². The van der Waals surface area contributed by atoms with Gasteiger partial charge < -0.3 is 73.4 Å². The Morgan fingerprint density at radius 3 is 2.35 bits per heavy atom. The molecule has 103 heavy (non-hydrogen) atoms. The summed E-state index contributed by atoms with van der Waals surface area (Å²) in [4.78, 5) is 120. The summed E-state index contributed by atoms with van der Waals surface area (Å²) >= 11 is 5.32. The Morgan fingerprint density at radius 2 is 1.58 bits per heavy atom. The zero-order valence-corrected chi connectivity index (χ0v) is 63.2. The summed E-state index contributed by atoms with van der Waals surface area (Å²) in [5.74, 6) is 6.46. The third-order valence-electron chi connectivity index (χ3n) is 17.8. The lowest BCUT2D eigenvalue weighted by atomic mass is 9.81. The molecule has 0 aliphatic carbocycles. The minimum atomic E-state index is -5.81. The molecule has 3 unspecified atom stereocenters. The third-order valence-corrected chi connectivity index (χ3v) is 26.6. The normalized spacial score (nSPS) is 18.9. The van der Waals surface area contributed by atoms with Gasteiger partial charge in [0.05, 0.1) is 69.4 Å². The van der Waals surface area contributed by atoms with Crippen LogP contribution < -0.4 is 46.7 Å². The number of rotatable bonds is 37. The van der Waals surface area contributed by atoms with Crippen LogP contribution in [0.4, 0.5) is 10.5 Å². The lowest BCUT2D eigenvalue weighted by Crippen LogP contribution is -2.45. The number of ether oxygens (including phenoxy) is 7. The van der Waals surface area contributed by atoms with E-state index in [-0.39, 0.29) is 66.1 Å². The Kier molecular flexibility index (Phi) is 28.3. The largest absolute Gasteiger partial charge is 0.490 e. The van der Waals surface area contributed by atoms with E-state index in [2.05, 4.69) is 57.7 Å². The predicted molar refractivity (Wildman–Crippen MR) is 387 cm³/mol. The molecule has 0 saturated carbocycles. The lowest BCUT2D eigenvalue weighted by molar-refractivity contribution is -0.121. The number of alkyl carbamates (subject to hydrolysis) is 1. The fourth-order valence-corrected chi connectivity index (χ4v) is 19.1. The summed E-state index contributed by atoms with van der Waals surface area (Å²) in [6.45, 7) is 10.6. The van der Waals surface area contributed by atoms with Crippen molar-refractivity contribution in [3.8, 4) is 23.3 Å². The molecule has 6 aliphatic heterocycles. The number of carbonyl (C=O) groups is 4. The number of aromatic nitrogens is 2. The van der Waals surface area contributed by atoms with Crippen molar-refractivity contribution in [2.45, 2.75) is 134 Å². The van der Waals surface area contributed by atoms with Gasteiger partial charge in [0.1, 0.15) is 48.4 Å². The van der Waals surface area contributed by atoms with Gasteiger partial charge >= 0.3 is 41.2 Å². The van der Waals surface area contributed by atoms with E-state index >= 15 is 0 Å². The van der Waals surface area contributed by atoms with Crippen molar-refractivity contribution in [1.82, 2.24) is 24.8 Å². The molecule has 4 aromatic rings. The number of ketones is 1. The molecule has 10 rings (SSSR count). The highest BCUT2D eigenvalue weighted by atomic mass is 33.1. The molecule has 2 amide bonds. The fourth-order valence-electron chi connectivity index (χ4n) is 13.1. The maximum atomic E-state index is 14.0. The van der Waals surface area contributed by atoms with E-state index in [4.69, 9.17) is 58.7 Å². The predicted octanol–water partition coefficient (Wildman–Crippen LogP) is 5.94. The number of aromatic carboxylic acids is 1. The van der Waals surface area contributed by atoms with Crippen molar-refractivity contribution in [2.24, 2.45) is 0 Å². The van der Waals surface area contributed by atoms with Crippen molar-refractivity contribution < 1.29 is 104 Å². The van der Waals surface area contributed by atoms with E-state index in [0.29, 0.717) is 81.5 Å². The SMILES string of the molecule is CCS(=S)CO[C@@H]1C[C@H](n2cc(C#CCNC(=O)OCCCOCSSC(C)(C)CCC(=O)NCCOCCOCCCC(=O)c3ccc(C(=O)O)c(C4=c5cc6c7c(c5Oc5c4cc4c8c5CCCN8CCC4)CCC[N+]=7CCC6)c3)c(=O)[nH]c2=O)O[C@@H]1COP(=O)(O)OP(=O)(O)OP(=O)(O)O. The summed E-state index contributed by atoms with van der Waals surface area (Å²) in [5, 5.41) is 18.3. The zero-order chi connectivity index (χ0) is 73.6. The van der Waals surface area contributed by atoms with Gasteiger partial charge in [0, 0.05) is 114 Å². The van der Waals surface area contributed by atoms with E-state index in [1.807, 2.05) is 20.8 Å². The van der Waals surface area contributed by atoms with Gasteiger partial charge in [-0.05, 0) is 118 Å². The topological polar surface area (TPSA) is 398 Å². The van der Waals surface area contributed by atoms with Crippen LogP contribution in [0.15, 0.2) is 46.1 Å². The molecule has 8 N–H and O–H groups in total. The second kappa shape index (κ2) is 36.4. The van der Waals surface area contributed by atoms with Gasteiger partial charge in [0.25, 0.3) is 5.56 Å². The number of Topliss-reactive ketones (excluding diaryl/α,β-unsaturated/α-hetero) is 1. The standard InChI is InChI=1S/C66H85N6O24P3S4/c1-4-103(100)41-91-53-37-56(93-54(53)39-92-98(83,84)96-99(85,86)95-97(80,81)82)72-38-45(62(75)69-64(72)78)12-5-22-68-65(79)90-30-11-29-89-40-101-102-66(2,3)21-20-55(74)67-23-31-88-33-32-87-28-10-17-52(73)42-18-19-46(63(76)77)49(34-42)57-50-35-43-13-6-24-70-26-8-15-47(58(43)70)60(50)94-61-48-16-9-27-71-25-7-14-44(59(48)71)36-51(57)61/h18-19,34-36,38,53-54,56H,4,6-11,13-17,20-33,37,39-41H2,1-3H3,(H7-,67,68,69,74,75,76,77,78,79,80,81,82,83,84,85,86)/p+1/t53-,54-,56-,103?/m1/s1. The number of phosphoric acid groups is 3. The monoisotopic (exact) mass is 1570 g/mol. The van der Waals surface area contributed by atoms with Gasteiger partial charge in [-0.1, -0.05) is 55.9 Å². The van der Waals surface area contributed by atoms with Crippen molar-refractivity contribution in [3.05, 3.63) is 118 Å². The van der Waals surface area contributed by atoms with Gasteiger partial charge in [-0.15, -0.1) is 0 Å². The molecule has 562 valence electrons. The molecule has 1 saturated heterocycles. The summed E-state index contributed by atoms with van der Waals surface area (Å²) in [6.07, 6.45) is 6.45. The van der Waals surface area contributed by atoms with E-state index in [1.165, 1.54) is 44.1 Å². The number of phosphoric ester groups is 1. The molecular weight excluding hydrogens is 1480 g/mol. The number of benzene rings is 3. The molecule has 1 aromatic heterocycles. The Hall–Kier alpha value is -5.47. The smallest absolute Gasteiger partial charge is 0.478 e. The second-order valence-corrected chi connectivity index (χ2v) is 36.1. The van der Waals surface area contributed by atoms with Crippen molar-refractivity contribution in [1.29, 1.82) is 0 Å². The van der Waals surface area contributed by atoms with Crippen LogP contribution in [-0.2, 0) is 106 Å². The van der Waals surface area contributed by atoms with Crippen LogP contribution in [0.2, 0.25) is 0 Å². The van der Waals surface area contributed by atoms with Gasteiger partial charge in [0.2, 0.25) is 11.3 Å². The zero-order valence-electron chi connectivity index (χ0n) is 57.2. The second-order valence-electron chi connectivity index (χ2n) is 25.7. The van der Waals surface area contributed by atoms with Gasteiger partial charge in [0.15, 0.2) is 5.78 Å². The quantitative estimate of drug-likeness (QED) is 0.00434. The first-order valence-corrected chi connectivity index (χ1v) is 43.3. The third kappa shape index (κ3) is 21.9. The minimum absolute atomic E-state index is 0.0227. The highest BCUT2D eigenvalue weighted by Crippen LogP contribution is 2.66. The average molecular weight is 1570 g/mol. The molecule has 0 radical (unpaired) electrons. The molecule has 30 nitrogen and oxygen atoms in total. The highest BCUT2D eigenvalue weighted by Gasteiger charge is 2.44. The molecule has 6 atom stereocenters. The van der Waals surface area contributed by atoms with Gasteiger partial charge in [-0.3, -0.25) is 28.5 Å². The summed E-state index contributed by atoms with van der Waals surface area (Å²) < 4.78 is 92.0. The maximum absolute atomic E-state index is 14.0. The van der Waals surface area contributed by atoms with Crippen LogP contribution in [0, 0.1) is 11.8 Å². The summed E-state index contributed by atoms with van der Waals surface area (Å²) in [7, 11) is -14.6. The first-order chi connectivity index (χ1) is 49.2. The number of hydrogen-bond donors (Lipinski definition) is 8. The molecule has 0 spiro atoms. The molecular formula is C66H86N6O24P3S4+. The Labute approximate surface area is 609 Å².